The van der Waals surface area contributed by atoms with Crippen LogP contribution < -0.4 is 10.6 Å². The first-order chi connectivity index (χ1) is 12.8. The highest BCUT2D eigenvalue weighted by molar-refractivity contribution is 5.91. The fourth-order valence-electron chi connectivity index (χ4n) is 2.91. The average molecular weight is 368 g/mol. The Kier molecular flexibility index (Phi) is 7.55. The number of anilines is 1. The van der Waals surface area contributed by atoms with Crippen molar-refractivity contribution < 1.29 is 14.7 Å². The normalized spacial score (nSPS) is 13.2. The van der Waals surface area contributed by atoms with E-state index in [1.165, 1.54) is 5.56 Å². The lowest BCUT2D eigenvalue weighted by atomic mass is 10.0. The molecule has 2 aromatic carbocycles. The molecular formula is C22H28N2O3. The molecule has 0 fully saturated rings. The molecule has 2 aromatic rings. The van der Waals surface area contributed by atoms with Gasteiger partial charge < -0.3 is 15.7 Å². The fraction of sp³-hybridized carbons (Fsp3) is 0.364. The Morgan fingerprint density at radius 1 is 0.963 bits per heavy atom. The molecule has 5 heteroatoms. The van der Waals surface area contributed by atoms with Crippen molar-refractivity contribution in [2.24, 2.45) is 0 Å². The highest BCUT2D eigenvalue weighted by atomic mass is 16.4. The highest BCUT2D eigenvalue weighted by Gasteiger charge is 2.21. The Hall–Kier alpha value is -2.66. The van der Waals surface area contributed by atoms with Crippen molar-refractivity contribution in [3.05, 3.63) is 65.7 Å². The monoisotopic (exact) mass is 368 g/mol. The third kappa shape index (κ3) is 6.87. The molecule has 0 saturated carbocycles. The second-order valence-electron chi connectivity index (χ2n) is 7.18. The zero-order chi connectivity index (χ0) is 19.8. The maximum atomic E-state index is 12.3. The first-order valence-electron chi connectivity index (χ1n) is 9.27. The largest absolute Gasteiger partial charge is 0.480 e. The predicted molar refractivity (Wildman–Crippen MR) is 108 cm³/mol. The van der Waals surface area contributed by atoms with Crippen LogP contribution >= 0.6 is 0 Å². The third-order valence-electron chi connectivity index (χ3n) is 4.42. The van der Waals surface area contributed by atoms with Crippen LogP contribution in [0.1, 0.15) is 44.2 Å². The van der Waals surface area contributed by atoms with Crippen molar-refractivity contribution in [2.45, 2.75) is 51.6 Å². The molecule has 2 atom stereocenters. The van der Waals surface area contributed by atoms with E-state index in [9.17, 15) is 14.7 Å². The minimum absolute atomic E-state index is 0.142. The van der Waals surface area contributed by atoms with Gasteiger partial charge in [0.05, 0.1) is 0 Å². The van der Waals surface area contributed by atoms with Crippen molar-refractivity contribution in [3.8, 4) is 0 Å². The molecule has 0 aromatic heterocycles. The molecule has 0 aliphatic carbocycles. The Labute approximate surface area is 160 Å². The first kappa shape index (κ1) is 20.6. The molecule has 0 bridgehead atoms. The van der Waals surface area contributed by atoms with Gasteiger partial charge in [0, 0.05) is 18.2 Å². The van der Waals surface area contributed by atoms with Gasteiger partial charge in [0.1, 0.15) is 6.04 Å². The smallest absolute Gasteiger partial charge is 0.321 e. The molecule has 27 heavy (non-hydrogen) atoms. The van der Waals surface area contributed by atoms with Gasteiger partial charge in [0.15, 0.2) is 0 Å². The number of nitrogens with one attached hydrogen (secondary N) is 2. The molecular weight excluding hydrogens is 340 g/mol. The number of carboxylic acid groups (broad SMARTS) is 1. The van der Waals surface area contributed by atoms with Crippen molar-refractivity contribution in [2.75, 3.05) is 5.32 Å². The van der Waals surface area contributed by atoms with Gasteiger partial charge in [-0.15, -0.1) is 0 Å². The zero-order valence-electron chi connectivity index (χ0n) is 16.1. The van der Waals surface area contributed by atoms with E-state index < -0.39 is 12.0 Å². The van der Waals surface area contributed by atoms with Crippen molar-refractivity contribution >= 4 is 17.6 Å². The van der Waals surface area contributed by atoms with Gasteiger partial charge in [-0.3, -0.25) is 9.59 Å². The number of amides is 1. The van der Waals surface area contributed by atoms with Gasteiger partial charge in [-0.2, -0.15) is 0 Å². The summed E-state index contributed by atoms with van der Waals surface area (Å²) in [6.45, 7) is 6.06. The van der Waals surface area contributed by atoms with Crippen LogP contribution in [0, 0.1) is 0 Å². The summed E-state index contributed by atoms with van der Waals surface area (Å²) >= 11 is 0. The van der Waals surface area contributed by atoms with E-state index in [-0.39, 0.29) is 18.4 Å². The number of hydrogen-bond donors (Lipinski definition) is 3. The maximum Gasteiger partial charge on any atom is 0.321 e. The Morgan fingerprint density at radius 2 is 1.59 bits per heavy atom. The minimum Gasteiger partial charge on any atom is -0.480 e. The molecule has 0 radical (unpaired) electrons. The zero-order valence-corrected chi connectivity index (χ0v) is 16.1. The molecule has 0 heterocycles. The van der Waals surface area contributed by atoms with Crippen LogP contribution in [0.2, 0.25) is 0 Å². The van der Waals surface area contributed by atoms with Crippen LogP contribution in [-0.2, 0) is 16.0 Å². The fourth-order valence-corrected chi connectivity index (χ4v) is 2.91. The summed E-state index contributed by atoms with van der Waals surface area (Å²) in [5, 5.41) is 15.4. The van der Waals surface area contributed by atoms with E-state index >= 15 is 0 Å². The summed E-state index contributed by atoms with van der Waals surface area (Å²) in [7, 11) is 0. The molecule has 2 rings (SSSR count). The SMILES string of the molecule is CC(CC(=O)Nc1ccc(C(C)C)cc1)N[C@@H](Cc1ccccc1)C(=O)O. The number of carbonyl (C=O) groups excluding carboxylic acids is 1. The van der Waals surface area contributed by atoms with E-state index in [1.807, 2.05) is 61.5 Å². The quantitative estimate of drug-likeness (QED) is 0.629. The average Bonchev–Trinajstić information content (AvgIpc) is 2.62. The Morgan fingerprint density at radius 3 is 2.15 bits per heavy atom. The number of rotatable bonds is 9. The maximum absolute atomic E-state index is 12.3. The molecule has 0 aliphatic heterocycles. The second kappa shape index (κ2) is 9.88. The Bertz CT molecular complexity index is 742. The second-order valence-corrected chi connectivity index (χ2v) is 7.18. The van der Waals surface area contributed by atoms with Gasteiger partial charge in [-0.25, -0.2) is 0 Å². The molecule has 5 nitrogen and oxygen atoms in total. The van der Waals surface area contributed by atoms with E-state index in [0.717, 1.165) is 11.3 Å². The van der Waals surface area contributed by atoms with E-state index in [2.05, 4.69) is 24.5 Å². The summed E-state index contributed by atoms with van der Waals surface area (Å²) in [4.78, 5) is 23.8. The number of carbonyl (C=O) groups is 2. The minimum atomic E-state index is -0.921. The number of aliphatic carboxylic acids is 1. The van der Waals surface area contributed by atoms with Crippen molar-refractivity contribution in [3.63, 3.8) is 0 Å². The van der Waals surface area contributed by atoms with E-state index in [0.29, 0.717) is 12.3 Å². The lowest BCUT2D eigenvalue weighted by Gasteiger charge is -2.20. The first-order valence-corrected chi connectivity index (χ1v) is 9.27. The summed E-state index contributed by atoms with van der Waals surface area (Å²) < 4.78 is 0. The molecule has 0 spiro atoms. The van der Waals surface area contributed by atoms with Gasteiger partial charge >= 0.3 is 5.97 Å². The summed E-state index contributed by atoms with van der Waals surface area (Å²) in [5.74, 6) is -0.622. The number of benzene rings is 2. The van der Waals surface area contributed by atoms with Gasteiger partial charge in [-0.1, -0.05) is 56.3 Å². The topological polar surface area (TPSA) is 78.4 Å². The number of hydrogen-bond acceptors (Lipinski definition) is 3. The van der Waals surface area contributed by atoms with Crippen LogP contribution in [0.25, 0.3) is 0 Å². The molecule has 1 unspecified atom stereocenters. The third-order valence-corrected chi connectivity index (χ3v) is 4.42. The Balaban J connectivity index is 1.87. The predicted octanol–water partition coefficient (Wildman–Crippen LogP) is 3.81. The van der Waals surface area contributed by atoms with Crippen LogP contribution in [-0.4, -0.2) is 29.1 Å². The molecule has 1 amide bonds. The van der Waals surface area contributed by atoms with Gasteiger partial charge in [0.2, 0.25) is 5.91 Å². The summed E-state index contributed by atoms with van der Waals surface area (Å²) in [6, 6.07) is 16.3. The van der Waals surface area contributed by atoms with Crippen LogP contribution in [0.4, 0.5) is 5.69 Å². The molecule has 3 N–H and O–H groups in total. The van der Waals surface area contributed by atoms with Gasteiger partial charge in [-0.05, 0) is 42.5 Å². The number of carboxylic acids is 1. The standard InChI is InChI=1S/C22H28N2O3/c1-15(2)18-9-11-19(12-10-18)24-21(25)13-16(3)23-20(22(26)27)14-17-7-5-4-6-8-17/h4-12,15-16,20,23H,13-14H2,1-3H3,(H,24,25)(H,26,27)/t16?,20-/m0/s1. The van der Waals surface area contributed by atoms with E-state index in [1.54, 1.807) is 0 Å². The van der Waals surface area contributed by atoms with Crippen molar-refractivity contribution in [1.82, 2.24) is 5.32 Å². The molecule has 0 aliphatic rings. The van der Waals surface area contributed by atoms with E-state index in [4.69, 9.17) is 0 Å². The molecule has 0 saturated heterocycles. The van der Waals surface area contributed by atoms with Crippen LogP contribution in [0.5, 0.6) is 0 Å². The summed E-state index contributed by atoms with van der Waals surface area (Å²) in [6.07, 6.45) is 0.573. The molecule has 144 valence electrons. The lowest BCUT2D eigenvalue weighted by Crippen LogP contribution is -2.44. The van der Waals surface area contributed by atoms with Crippen LogP contribution in [0.3, 0.4) is 0 Å². The highest BCUT2D eigenvalue weighted by Crippen LogP contribution is 2.17. The van der Waals surface area contributed by atoms with Crippen LogP contribution in [0.15, 0.2) is 54.6 Å². The summed E-state index contributed by atoms with van der Waals surface area (Å²) in [5.41, 5.74) is 2.91. The van der Waals surface area contributed by atoms with Crippen molar-refractivity contribution in [1.29, 1.82) is 0 Å². The lowest BCUT2D eigenvalue weighted by molar-refractivity contribution is -0.139. The van der Waals surface area contributed by atoms with Gasteiger partial charge in [0.25, 0.3) is 0 Å².